The molecule has 100 valence electrons. The lowest BCUT2D eigenvalue weighted by Crippen LogP contribution is -2.10. The molecular formula is C12H18N2O4. The van der Waals surface area contributed by atoms with Crippen LogP contribution in [0.15, 0.2) is 6.20 Å². The van der Waals surface area contributed by atoms with Gasteiger partial charge in [-0.1, -0.05) is 0 Å². The Morgan fingerprint density at radius 3 is 2.61 bits per heavy atom. The number of nitrogens with one attached hydrogen (secondary N) is 1. The number of aromatic amines is 1. The van der Waals surface area contributed by atoms with E-state index in [9.17, 15) is 9.59 Å². The van der Waals surface area contributed by atoms with E-state index in [1.54, 1.807) is 6.20 Å². The molecule has 0 fully saturated rings. The van der Waals surface area contributed by atoms with E-state index in [1.165, 1.54) is 14.2 Å². The van der Waals surface area contributed by atoms with Gasteiger partial charge in [0.05, 0.1) is 20.6 Å². The van der Waals surface area contributed by atoms with Gasteiger partial charge in [-0.2, -0.15) is 0 Å². The van der Waals surface area contributed by atoms with E-state index in [-0.39, 0.29) is 18.8 Å². The minimum absolute atomic E-state index is 0.0262. The predicted molar refractivity (Wildman–Crippen MR) is 64.7 cm³/mol. The molecule has 1 aromatic heterocycles. The number of esters is 2. The summed E-state index contributed by atoms with van der Waals surface area (Å²) in [4.78, 5) is 25.4. The summed E-state index contributed by atoms with van der Waals surface area (Å²) in [7, 11) is 2.61. The Labute approximate surface area is 107 Å². The minimum atomic E-state index is -0.966. The van der Waals surface area contributed by atoms with E-state index >= 15 is 0 Å². The molecule has 3 N–H and O–H groups in total. The van der Waals surface area contributed by atoms with Crippen molar-refractivity contribution in [2.45, 2.75) is 25.8 Å². The maximum Gasteiger partial charge on any atom is 0.310 e. The average Bonchev–Trinajstić information content (AvgIpc) is 2.78. The van der Waals surface area contributed by atoms with Gasteiger partial charge in [-0.25, -0.2) is 0 Å². The zero-order chi connectivity index (χ0) is 14.4. The Morgan fingerprint density at radius 2 is 2.06 bits per heavy atom. The van der Waals surface area contributed by atoms with Crippen molar-refractivity contribution < 1.29 is 20.4 Å². The fourth-order valence-electron chi connectivity index (χ4n) is 1.65. The number of hydrogen-bond donors (Lipinski definition) is 2. The number of hydrogen-bond acceptors (Lipinski definition) is 5. The summed E-state index contributed by atoms with van der Waals surface area (Å²) in [6, 6.07) is 0. The molecular weight excluding hydrogens is 236 g/mol. The van der Waals surface area contributed by atoms with Crippen LogP contribution in [0.1, 0.15) is 24.6 Å². The molecule has 1 atom stereocenters. The molecule has 6 nitrogen and oxygen atoms in total. The van der Waals surface area contributed by atoms with Gasteiger partial charge in [0.25, 0.3) is 0 Å². The molecule has 0 spiro atoms. The van der Waals surface area contributed by atoms with Crippen molar-refractivity contribution in [2.75, 3.05) is 14.2 Å². The molecule has 0 aliphatic carbocycles. The summed E-state index contributed by atoms with van der Waals surface area (Å²) in [6.07, 6.45) is 2.31. The van der Waals surface area contributed by atoms with E-state index in [4.69, 9.17) is 7.10 Å². The summed E-state index contributed by atoms with van der Waals surface area (Å²) in [5, 5.41) is 0. The second-order valence-electron chi connectivity index (χ2n) is 3.70. The fourth-order valence-corrected chi connectivity index (χ4v) is 1.65. The molecule has 0 bridgehead atoms. The summed E-state index contributed by atoms with van der Waals surface area (Å²) < 4.78 is 16.7. The number of aromatic nitrogens is 1. The lowest BCUT2D eigenvalue weighted by atomic mass is 10.0. The third-order valence-electron chi connectivity index (χ3n) is 2.66. The van der Waals surface area contributed by atoms with E-state index in [0.29, 0.717) is 17.7 Å². The molecule has 0 saturated carbocycles. The van der Waals surface area contributed by atoms with Crippen LogP contribution in [0.25, 0.3) is 0 Å². The van der Waals surface area contributed by atoms with E-state index in [0.717, 1.165) is 5.56 Å². The summed E-state index contributed by atoms with van der Waals surface area (Å²) in [6.45, 7) is -0.966. The Morgan fingerprint density at radius 1 is 1.39 bits per heavy atom. The third kappa shape index (κ3) is 3.59. The van der Waals surface area contributed by atoms with Gasteiger partial charge in [0.15, 0.2) is 0 Å². The van der Waals surface area contributed by atoms with Gasteiger partial charge in [-0.05, 0) is 17.5 Å². The van der Waals surface area contributed by atoms with Gasteiger partial charge >= 0.3 is 11.9 Å². The highest BCUT2D eigenvalue weighted by molar-refractivity contribution is 5.74. The fraction of sp³-hybridized carbons (Fsp3) is 0.500. The van der Waals surface area contributed by atoms with Crippen LogP contribution < -0.4 is 5.73 Å². The Balaban J connectivity index is 2.90. The van der Waals surface area contributed by atoms with Crippen molar-refractivity contribution in [3.63, 3.8) is 0 Å². The highest BCUT2D eigenvalue weighted by Gasteiger charge is 2.15. The molecule has 0 unspecified atom stereocenters. The van der Waals surface area contributed by atoms with Crippen LogP contribution in [-0.4, -0.2) is 31.1 Å². The smallest absolute Gasteiger partial charge is 0.310 e. The monoisotopic (exact) mass is 255 g/mol. The molecule has 1 rings (SSSR count). The summed E-state index contributed by atoms with van der Waals surface area (Å²) in [5.41, 5.74) is 7.38. The lowest BCUT2D eigenvalue weighted by molar-refractivity contribution is -0.140. The number of aryl methyl sites for hydroxylation is 1. The molecule has 6 heteroatoms. The van der Waals surface area contributed by atoms with Crippen LogP contribution in [0.2, 0.25) is 0 Å². The first-order valence-corrected chi connectivity index (χ1v) is 5.50. The van der Waals surface area contributed by atoms with Crippen molar-refractivity contribution in [3.8, 4) is 0 Å². The SMILES string of the molecule is [2H][C@H](N)c1[nH]cc(CCC(=O)OC)c1CC(=O)OC. The molecule has 0 aliphatic rings. The maximum atomic E-state index is 11.4. The quantitative estimate of drug-likeness (QED) is 0.713. The molecule has 18 heavy (non-hydrogen) atoms. The molecule has 0 amide bonds. The number of nitrogens with two attached hydrogens (primary N) is 1. The summed E-state index contributed by atoms with van der Waals surface area (Å²) in [5.74, 6) is -0.747. The van der Waals surface area contributed by atoms with Crippen molar-refractivity contribution in [1.82, 2.24) is 4.98 Å². The van der Waals surface area contributed by atoms with Crippen LogP contribution in [0, 0.1) is 0 Å². The third-order valence-corrected chi connectivity index (χ3v) is 2.66. The van der Waals surface area contributed by atoms with E-state index in [2.05, 4.69) is 14.5 Å². The zero-order valence-corrected chi connectivity index (χ0v) is 10.5. The first kappa shape index (κ1) is 12.6. The Bertz CT molecular complexity index is 457. The minimum Gasteiger partial charge on any atom is -0.469 e. The topological polar surface area (TPSA) is 94.4 Å². The van der Waals surface area contributed by atoms with Gasteiger partial charge in [-0.15, -0.1) is 0 Å². The van der Waals surface area contributed by atoms with Crippen LogP contribution in [0.5, 0.6) is 0 Å². The van der Waals surface area contributed by atoms with Crippen molar-refractivity contribution in [2.24, 2.45) is 5.73 Å². The average molecular weight is 255 g/mol. The zero-order valence-electron chi connectivity index (χ0n) is 11.5. The van der Waals surface area contributed by atoms with Crippen LogP contribution in [-0.2, 0) is 38.4 Å². The van der Waals surface area contributed by atoms with Gasteiger partial charge in [-0.3, -0.25) is 9.59 Å². The van der Waals surface area contributed by atoms with Crippen molar-refractivity contribution in [3.05, 3.63) is 23.0 Å². The van der Waals surface area contributed by atoms with Crippen LogP contribution >= 0.6 is 0 Å². The lowest BCUT2D eigenvalue weighted by Gasteiger charge is -2.05. The molecule has 1 aromatic rings. The normalized spacial score (nSPS) is 12.7. The maximum absolute atomic E-state index is 11.4. The highest BCUT2D eigenvalue weighted by atomic mass is 16.5. The number of rotatable bonds is 6. The second kappa shape index (κ2) is 6.80. The number of H-pyrrole nitrogens is 1. The molecule has 1 heterocycles. The van der Waals surface area contributed by atoms with Crippen LogP contribution in [0.3, 0.4) is 0 Å². The van der Waals surface area contributed by atoms with E-state index in [1.807, 2.05) is 0 Å². The van der Waals surface area contributed by atoms with E-state index < -0.39 is 12.5 Å². The molecule has 0 radical (unpaired) electrons. The van der Waals surface area contributed by atoms with Crippen molar-refractivity contribution >= 4 is 11.9 Å². The number of ether oxygens (including phenoxy) is 2. The molecule has 0 aromatic carbocycles. The molecule has 0 aliphatic heterocycles. The first-order chi connectivity index (χ1) is 8.99. The number of methoxy groups -OCH3 is 2. The second-order valence-corrected chi connectivity index (χ2v) is 3.70. The first-order valence-electron chi connectivity index (χ1n) is 6.07. The highest BCUT2D eigenvalue weighted by Crippen LogP contribution is 2.17. The van der Waals surface area contributed by atoms with Gasteiger partial charge < -0.3 is 20.2 Å². The Kier molecular flexibility index (Phi) is 4.78. The largest absolute Gasteiger partial charge is 0.469 e. The van der Waals surface area contributed by atoms with Crippen LogP contribution in [0.4, 0.5) is 0 Å². The van der Waals surface area contributed by atoms with Gasteiger partial charge in [0.1, 0.15) is 0 Å². The Hall–Kier alpha value is -1.82. The number of carbonyl (C=O) groups excluding carboxylic acids is 2. The predicted octanol–water partition coefficient (Wildman–Crippen LogP) is 0.294. The molecule has 0 saturated heterocycles. The number of carbonyl (C=O) groups is 2. The summed E-state index contributed by atoms with van der Waals surface area (Å²) >= 11 is 0. The standard InChI is InChI=1S/C12H18N2O4/c1-17-11(15)4-3-8-7-14-10(6-13)9(8)5-12(16)18-2/h7,14H,3-6,13H2,1-2H3/i6D/t6-/m0/s1. The van der Waals surface area contributed by atoms with Gasteiger partial charge in [0.2, 0.25) is 0 Å². The van der Waals surface area contributed by atoms with Crippen molar-refractivity contribution in [1.29, 1.82) is 0 Å². The van der Waals surface area contributed by atoms with Gasteiger partial charge in [0, 0.05) is 26.2 Å².